The normalized spacial score (nSPS) is 31.6. The number of fused-ring (bicyclic) bond motifs is 1. The largest absolute Gasteiger partial charge is 0.418 e. The first kappa shape index (κ1) is 13.5. The summed E-state index contributed by atoms with van der Waals surface area (Å²) in [5, 5.41) is 0. The minimum Gasteiger partial charge on any atom is -0.418 e. The van der Waals surface area contributed by atoms with Crippen molar-refractivity contribution in [1.82, 2.24) is 0 Å². The number of ether oxygens (including phenoxy) is 2. The molecule has 100 valence electrons. The van der Waals surface area contributed by atoms with Crippen LogP contribution in [0.2, 0.25) is 13.1 Å². The highest BCUT2D eigenvalue weighted by molar-refractivity contribution is 6.48. The topological polar surface area (TPSA) is 31.0 Å². The molecule has 1 aliphatic carbocycles. The van der Waals surface area contributed by atoms with Gasteiger partial charge in [0.1, 0.15) is 0 Å². The van der Waals surface area contributed by atoms with Crippen molar-refractivity contribution in [3.05, 3.63) is 0 Å². The van der Waals surface area contributed by atoms with Crippen molar-refractivity contribution in [2.75, 3.05) is 19.8 Å². The van der Waals surface area contributed by atoms with Gasteiger partial charge in [-0.3, -0.25) is 0 Å². The molecule has 0 radical (unpaired) electrons. The molecule has 1 aliphatic heterocycles. The molecule has 0 spiro atoms. The molecule has 1 saturated carbocycles. The highest BCUT2D eigenvalue weighted by Crippen LogP contribution is 2.40. The minimum absolute atomic E-state index is 0.624. The van der Waals surface area contributed by atoms with Gasteiger partial charge in [0.15, 0.2) is 9.04 Å². The lowest BCUT2D eigenvalue weighted by atomic mass is 9.86. The monoisotopic (exact) mass is 258 g/mol. The number of rotatable bonds is 8. The lowest BCUT2D eigenvalue weighted by Gasteiger charge is -2.18. The number of hydrogen-bond donors (Lipinski definition) is 0. The van der Waals surface area contributed by atoms with Crippen LogP contribution in [0.25, 0.3) is 0 Å². The van der Waals surface area contributed by atoms with Gasteiger partial charge >= 0.3 is 0 Å². The SMILES string of the molecule is C[SiH](C)OCCOCCCC1CCC2OC2C1. The van der Waals surface area contributed by atoms with Crippen LogP contribution in [-0.2, 0) is 13.9 Å². The standard InChI is InChI=1S/C13H26O3Si/c1-17(2)15-9-8-14-7-3-4-11-5-6-12-13(10-11)16-12/h11-13,17H,3-10H2,1-2H3. The second kappa shape index (κ2) is 6.88. The van der Waals surface area contributed by atoms with Gasteiger partial charge < -0.3 is 13.9 Å². The highest BCUT2D eigenvalue weighted by atomic mass is 28.3. The van der Waals surface area contributed by atoms with E-state index in [4.69, 9.17) is 13.9 Å². The fraction of sp³-hybridized carbons (Fsp3) is 1.00. The fourth-order valence-electron chi connectivity index (χ4n) is 2.67. The fourth-order valence-corrected chi connectivity index (χ4v) is 3.24. The number of epoxide rings is 1. The molecule has 0 aromatic rings. The summed E-state index contributed by atoms with van der Waals surface area (Å²) in [6, 6.07) is 0. The van der Waals surface area contributed by atoms with Gasteiger partial charge in [0, 0.05) is 6.61 Å². The van der Waals surface area contributed by atoms with Crippen molar-refractivity contribution in [3.8, 4) is 0 Å². The summed E-state index contributed by atoms with van der Waals surface area (Å²) in [7, 11) is -0.849. The van der Waals surface area contributed by atoms with E-state index < -0.39 is 9.04 Å². The van der Waals surface area contributed by atoms with E-state index in [9.17, 15) is 0 Å². The van der Waals surface area contributed by atoms with Gasteiger partial charge in [-0.25, -0.2) is 0 Å². The van der Waals surface area contributed by atoms with E-state index in [1.807, 2.05) is 0 Å². The van der Waals surface area contributed by atoms with Gasteiger partial charge in [-0.05, 0) is 51.1 Å². The van der Waals surface area contributed by atoms with Crippen LogP contribution < -0.4 is 0 Å². The van der Waals surface area contributed by atoms with E-state index in [0.29, 0.717) is 12.2 Å². The van der Waals surface area contributed by atoms with Crippen molar-refractivity contribution < 1.29 is 13.9 Å². The molecule has 3 nitrogen and oxygen atoms in total. The molecule has 3 unspecified atom stereocenters. The quantitative estimate of drug-likeness (QED) is 0.380. The van der Waals surface area contributed by atoms with Crippen LogP contribution in [0, 0.1) is 5.92 Å². The molecule has 2 aliphatic rings. The van der Waals surface area contributed by atoms with Gasteiger partial charge in [-0.2, -0.15) is 0 Å². The first-order valence-corrected chi connectivity index (χ1v) is 9.88. The Balaban J connectivity index is 1.38. The summed E-state index contributed by atoms with van der Waals surface area (Å²) >= 11 is 0. The molecule has 4 heteroatoms. The second-order valence-electron chi connectivity index (χ2n) is 5.57. The van der Waals surface area contributed by atoms with Crippen LogP contribution in [0.1, 0.15) is 32.1 Å². The third-order valence-electron chi connectivity index (χ3n) is 3.69. The zero-order chi connectivity index (χ0) is 12.1. The smallest absolute Gasteiger partial charge is 0.171 e. The van der Waals surface area contributed by atoms with Gasteiger partial charge in [0.05, 0.1) is 25.4 Å². The van der Waals surface area contributed by atoms with E-state index in [0.717, 1.165) is 25.7 Å². The van der Waals surface area contributed by atoms with Crippen molar-refractivity contribution in [2.24, 2.45) is 5.92 Å². The van der Waals surface area contributed by atoms with Crippen molar-refractivity contribution >= 4 is 9.04 Å². The van der Waals surface area contributed by atoms with Crippen molar-refractivity contribution in [3.63, 3.8) is 0 Å². The van der Waals surface area contributed by atoms with Crippen molar-refractivity contribution in [1.29, 1.82) is 0 Å². The van der Waals surface area contributed by atoms with E-state index in [2.05, 4.69) is 13.1 Å². The zero-order valence-corrected chi connectivity index (χ0v) is 12.3. The minimum atomic E-state index is -0.849. The van der Waals surface area contributed by atoms with Gasteiger partial charge in [-0.1, -0.05) is 0 Å². The van der Waals surface area contributed by atoms with Crippen LogP contribution in [0.5, 0.6) is 0 Å². The Morgan fingerprint density at radius 1 is 1.12 bits per heavy atom. The third-order valence-corrected chi connectivity index (χ3v) is 4.59. The molecular weight excluding hydrogens is 232 g/mol. The molecule has 0 aromatic carbocycles. The molecule has 2 fully saturated rings. The summed E-state index contributed by atoms with van der Waals surface area (Å²) < 4.78 is 16.7. The van der Waals surface area contributed by atoms with Crippen molar-refractivity contribution in [2.45, 2.75) is 57.4 Å². The molecule has 17 heavy (non-hydrogen) atoms. The predicted molar refractivity (Wildman–Crippen MR) is 70.9 cm³/mol. The van der Waals surface area contributed by atoms with Gasteiger partial charge in [0.2, 0.25) is 0 Å². The average Bonchev–Trinajstić information content (AvgIpc) is 3.05. The van der Waals surface area contributed by atoms with Crippen LogP contribution in [0.3, 0.4) is 0 Å². The summed E-state index contributed by atoms with van der Waals surface area (Å²) in [6.07, 6.45) is 7.73. The van der Waals surface area contributed by atoms with Gasteiger partial charge in [0.25, 0.3) is 0 Å². The lowest BCUT2D eigenvalue weighted by molar-refractivity contribution is 0.0940. The Labute approximate surface area is 107 Å². The van der Waals surface area contributed by atoms with E-state index in [1.165, 1.54) is 32.1 Å². The Hall–Kier alpha value is 0.0969. The Morgan fingerprint density at radius 3 is 2.76 bits per heavy atom. The molecule has 1 saturated heterocycles. The van der Waals surface area contributed by atoms with Crippen LogP contribution in [0.4, 0.5) is 0 Å². The Kier molecular flexibility index (Phi) is 5.47. The summed E-state index contributed by atoms with van der Waals surface area (Å²) in [5.41, 5.74) is 0. The van der Waals surface area contributed by atoms with Crippen LogP contribution in [-0.4, -0.2) is 41.1 Å². The highest BCUT2D eigenvalue weighted by Gasteiger charge is 2.43. The van der Waals surface area contributed by atoms with E-state index >= 15 is 0 Å². The first-order chi connectivity index (χ1) is 8.25. The summed E-state index contributed by atoms with van der Waals surface area (Å²) in [4.78, 5) is 0. The molecular formula is C13H26O3Si. The molecule has 0 bridgehead atoms. The third kappa shape index (κ3) is 5.08. The van der Waals surface area contributed by atoms with E-state index in [-0.39, 0.29) is 0 Å². The Morgan fingerprint density at radius 2 is 2.00 bits per heavy atom. The maximum Gasteiger partial charge on any atom is 0.171 e. The average molecular weight is 258 g/mol. The van der Waals surface area contributed by atoms with E-state index in [1.54, 1.807) is 0 Å². The Bertz CT molecular complexity index is 223. The summed E-state index contributed by atoms with van der Waals surface area (Å²) in [6.45, 7) is 6.83. The molecule has 2 rings (SSSR count). The number of hydrogen-bond acceptors (Lipinski definition) is 3. The predicted octanol–water partition coefficient (Wildman–Crippen LogP) is 2.35. The zero-order valence-electron chi connectivity index (χ0n) is 11.2. The lowest BCUT2D eigenvalue weighted by Crippen LogP contribution is -2.15. The molecule has 0 amide bonds. The first-order valence-electron chi connectivity index (χ1n) is 7.10. The summed E-state index contributed by atoms with van der Waals surface area (Å²) in [5.74, 6) is 0.890. The van der Waals surface area contributed by atoms with Crippen LogP contribution in [0.15, 0.2) is 0 Å². The molecule has 1 heterocycles. The maximum atomic E-state index is 5.58. The molecule has 0 aromatic heterocycles. The molecule has 0 N–H and O–H groups in total. The maximum absolute atomic E-state index is 5.58. The molecule has 3 atom stereocenters. The van der Waals surface area contributed by atoms with Crippen LogP contribution >= 0.6 is 0 Å². The van der Waals surface area contributed by atoms with Gasteiger partial charge in [-0.15, -0.1) is 0 Å². The second-order valence-corrected chi connectivity index (χ2v) is 8.00.